The Morgan fingerprint density at radius 1 is 0.615 bits per heavy atom. The molecule has 2 unspecified atom stereocenters. The second kappa shape index (κ2) is 23.7. The third kappa shape index (κ3) is 14.6. The topological polar surface area (TPSA) is 224 Å². The van der Waals surface area contributed by atoms with E-state index < -0.39 is 76.9 Å². The fourth-order valence-corrected chi connectivity index (χ4v) is 7.12. The van der Waals surface area contributed by atoms with Crippen molar-refractivity contribution in [3.8, 4) is 6.07 Å². The standard InChI is InChI=1S/C22H20F3N3O3.C22H19F3N2O5.2Na/c23-22(24,25)14-7-10-18(27-15-8-5-13(12-26)6-9-15)19(11-14)28-20(29)16-3-1-2-4-17(16)21(30)31;23-22(24,25)12-9-10-17(26-16-8-4-3-7-15(16)21(31)32)18(11-12)27-19(28)13-5-1-2-6-14(13)20(29)30;;/h5-11,16-17,27H,1-4H2,(H,28,29)(H,30,31);1-4,7-11,13-14,26H,5-6H2,(H,27,28)(H,29,30)(H,31,32);;/q;;2*+1/p-2/t16-,17-;;;/m1.../s1. The zero-order chi connectivity index (χ0) is 46.1. The van der Waals surface area contributed by atoms with Crippen LogP contribution in [0.5, 0.6) is 0 Å². The van der Waals surface area contributed by atoms with E-state index in [1.165, 1.54) is 30.3 Å². The molecule has 5 N–H and O–H groups in total. The third-order valence-electron chi connectivity index (χ3n) is 10.4. The minimum absolute atomic E-state index is 0. The van der Waals surface area contributed by atoms with E-state index in [0.717, 1.165) is 24.3 Å². The number of nitrogens with zero attached hydrogens (tertiary/aromatic N) is 1. The summed E-state index contributed by atoms with van der Waals surface area (Å²) in [5.74, 6) is -9.27. The fraction of sp³-hybridized carbons (Fsp3) is 0.273. The minimum Gasteiger partial charge on any atom is -0.550 e. The van der Waals surface area contributed by atoms with Gasteiger partial charge in [0.15, 0.2) is 0 Å². The van der Waals surface area contributed by atoms with Gasteiger partial charge in [-0.2, -0.15) is 31.6 Å². The summed E-state index contributed by atoms with van der Waals surface area (Å²) < 4.78 is 79.4. The molecule has 13 nitrogen and oxygen atoms in total. The SMILES string of the molecule is N#Cc1ccc(Nc2ccc(C(F)(F)F)cc2NC(=O)[C@@H]2CCCC[C@H]2C(=O)O)cc1.O=C([O-])c1ccccc1Nc1ccc(C(F)(F)F)cc1NC(=O)C1CC=CCC1C(=O)[O-].[Na+].[Na+]. The van der Waals surface area contributed by atoms with E-state index in [2.05, 4.69) is 21.3 Å². The molecule has 0 heterocycles. The predicted octanol–water partition coefficient (Wildman–Crippen LogP) is 1.24. The summed E-state index contributed by atoms with van der Waals surface area (Å²) in [7, 11) is 0. The van der Waals surface area contributed by atoms with E-state index in [4.69, 9.17) is 5.26 Å². The molecule has 2 amide bonds. The number of rotatable bonds is 11. The molecule has 0 radical (unpaired) electrons. The van der Waals surface area contributed by atoms with Crippen molar-refractivity contribution in [3.05, 3.63) is 119 Å². The molecule has 2 aliphatic carbocycles. The summed E-state index contributed by atoms with van der Waals surface area (Å²) in [6, 6.07) is 19.2. The predicted molar refractivity (Wildman–Crippen MR) is 212 cm³/mol. The Morgan fingerprint density at radius 2 is 1.11 bits per heavy atom. The van der Waals surface area contributed by atoms with Crippen LogP contribution >= 0.6 is 0 Å². The molecule has 4 aromatic rings. The number of nitriles is 1. The van der Waals surface area contributed by atoms with Crippen molar-refractivity contribution in [2.24, 2.45) is 23.7 Å². The third-order valence-corrected chi connectivity index (χ3v) is 10.4. The molecule has 0 spiro atoms. The zero-order valence-electron chi connectivity index (χ0n) is 34.8. The van der Waals surface area contributed by atoms with Gasteiger partial charge in [0.05, 0.1) is 69.2 Å². The molecule has 330 valence electrons. The number of hydrogen-bond acceptors (Lipinski definition) is 10. The molecular formula is C44H37F6N5Na2O8. The Bertz CT molecular complexity index is 2440. The number of para-hydroxylation sites is 1. The first-order valence-corrected chi connectivity index (χ1v) is 19.2. The van der Waals surface area contributed by atoms with Gasteiger partial charge >= 0.3 is 77.4 Å². The van der Waals surface area contributed by atoms with E-state index >= 15 is 0 Å². The van der Waals surface area contributed by atoms with Gasteiger partial charge < -0.3 is 46.2 Å². The van der Waals surface area contributed by atoms with Gasteiger partial charge in [0.2, 0.25) is 11.8 Å². The second-order valence-corrected chi connectivity index (χ2v) is 14.6. The molecule has 0 aliphatic heterocycles. The largest absolute Gasteiger partial charge is 1.00 e. The van der Waals surface area contributed by atoms with Gasteiger partial charge in [-0.25, -0.2) is 0 Å². The van der Waals surface area contributed by atoms with E-state index in [0.29, 0.717) is 43.0 Å². The second-order valence-electron chi connectivity index (χ2n) is 14.6. The number of allylic oxidation sites excluding steroid dienone is 2. The van der Waals surface area contributed by atoms with Crippen LogP contribution in [0.1, 0.15) is 65.6 Å². The summed E-state index contributed by atoms with van der Waals surface area (Å²) in [6.45, 7) is 0. The van der Waals surface area contributed by atoms with Gasteiger partial charge in [0.25, 0.3) is 0 Å². The minimum atomic E-state index is -4.71. The van der Waals surface area contributed by atoms with Crippen molar-refractivity contribution in [2.75, 3.05) is 21.3 Å². The van der Waals surface area contributed by atoms with Crippen molar-refractivity contribution in [3.63, 3.8) is 0 Å². The maximum atomic E-state index is 13.2. The van der Waals surface area contributed by atoms with Crippen LogP contribution in [0.3, 0.4) is 0 Å². The van der Waals surface area contributed by atoms with Crippen molar-refractivity contribution in [1.82, 2.24) is 0 Å². The summed E-state index contributed by atoms with van der Waals surface area (Å²) in [5, 5.41) is 51.5. The van der Waals surface area contributed by atoms with Crippen LogP contribution in [-0.4, -0.2) is 34.8 Å². The normalized spacial score (nSPS) is 17.8. The van der Waals surface area contributed by atoms with Crippen LogP contribution in [0.25, 0.3) is 0 Å². The number of aromatic carboxylic acids is 1. The van der Waals surface area contributed by atoms with Crippen molar-refractivity contribution in [1.29, 1.82) is 5.26 Å². The first kappa shape index (κ1) is 54.0. The van der Waals surface area contributed by atoms with Crippen molar-refractivity contribution in [2.45, 2.75) is 50.9 Å². The molecule has 1 fully saturated rings. The summed E-state index contributed by atoms with van der Waals surface area (Å²) >= 11 is 0. The number of anilines is 6. The van der Waals surface area contributed by atoms with Crippen LogP contribution < -0.4 is 90.6 Å². The number of benzene rings is 4. The molecule has 0 saturated heterocycles. The number of carboxylic acids is 3. The molecule has 4 aromatic carbocycles. The Morgan fingerprint density at radius 3 is 1.60 bits per heavy atom. The Hall–Kier alpha value is -5.36. The molecule has 4 atom stereocenters. The monoisotopic (exact) mass is 923 g/mol. The van der Waals surface area contributed by atoms with E-state index in [1.807, 2.05) is 6.07 Å². The van der Waals surface area contributed by atoms with Gasteiger partial charge in [-0.3, -0.25) is 14.4 Å². The van der Waals surface area contributed by atoms with E-state index in [1.54, 1.807) is 36.4 Å². The van der Waals surface area contributed by atoms with Gasteiger partial charge in [0, 0.05) is 28.8 Å². The first-order chi connectivity index (χ1) is 29.8. The van der Waals surface area contributed by atoms with Crippen LogP contribution in [-0.2, 0) is 31.5 Å². The van der Waals surface area contributed by atoms with Crippen LogP contribution in [0.2, 0.25) is 0 Å². The summed E-state index contributed by atoms with van der Waals surface area (Å²) in [6.07, 6.45) is -3.87. The molecule has 21 heteroatoms. The van der Waals surface area contributed by atoms with Crippen molar-refractivity contribution < 1.29 is 125 Å². The van der Waals surface area contributed by atoms with Gasteiger partial charge in [-0.15, -0.1) is 0 Å². The quantitative estimate of drug-likeness (QED) is 0.0818. The Balaban J connectivity index is 0.000000335. The molecular weight excluding hydrogens is 886 g/mol. The number of carbonyl (C=O) groups excluding carboxylic acids is 4. The average Bonchev–Trinajstić information content (AvgIpc) is 3.24. The number of halogens is 6. The number of amides is 2. The van der Waals surface area contributed by atoms with E-state index in [9.17, 15) is 65.6 Å². The summed E-state index contributed by atoms with van der Waals surface area (Å²) in [4.78, 5) is 59.8. The average molecular weight is 924 g/mol. The zero-order valence-corrected chi connectivity index (χ0v) is 38.8. The maximum absolute atomic E-state index is 13.2. The number of hydrogen-bond donors (Lipinski definition) is 5. The van der Waals surface area contributed by atoms with Crippen LogP contribution in [0, 0.1) is 35.0 Å². The number of carboxylic acid groups (broad SMARTS) is 3. The van der Waals surface area contributed by atoms with E-state index in [-0.39, 0.29) is 106 Å². The molecule has 0 aromatic heterocycles. The number of alkyl halides is 6. The molecule has 6 rings (SSSR count). The van der Waals surface area contributed by atoms with Crippen molar-refractivity contribution >= 4 is 63.8 Å². The van der Waals surface area contributed by atoms with Gasteiger partial charge in [-0.05, 0) is 92.4 Å². The summed E-state index contributed by atoms with van der Waals surface area (Å²) in [5.41, 5.74) is -1.44. The fourth-order valence-electron chi connectivity index (χ4n) is 7.12. The molecule has 1 saturated carbocycles. The van der Waals surface area contributed by atoms with Crippen LogP contribution in [0.15, 0.2) is 97.1 Å². The first-order valence-electron chi connectivity index (χ1n) is 19.2. The number of aliphatic carboxylic acids is 2. The Labute approximate surface area is 412 Å². The van der Waals surface area contributed by atoms with Gasteiger partial charge in [-0.1, -0.05) is 43.2 Å². The smallest absolute Gasteiger partial charge is 0.550 e. The molecule has 0 bridgehead atoms. The Kier molecular flexibility index (Phi) is 19.7. The molecule has 65 heavy (non-hydrogen) atoms. The maximum Gasteiger partial charge on any atom is 1.00 e. The number of nitrogens with one attached hydrogen (secondary N) is 4. The number of carbonyl (C=O) groups is 5. The van der Waals surface area contributed by atoms with Gasteiger partial charge in [0.1, 0.15) is 0 Å². The van der Waals surface area contributed by atoms with Crippen LogP contribution in [0.4, 0.5) is 60.5 Å². The molecule has 2 aliphatic rings.